The van der Waals surface area contributed by atoms with Crippen LogP contribution in [0.15, 0.2) is 59.1 Å². The molecule has 28 heavy (non-hydrogen) atoms. The molecule has 1 aromatic heterocycles. The molecule has 3 N–H and O–H groups in total. The third-order valence-corrected chi connectivity index (χ3v) is 3.91. The second-order valence-corrected chi connectivity index (χ2v) is 5.93. The van der Waals surface area contributed by atoms with Crippen LogP contribution >= 0.6 is 0 Å². The lowest BCUT2D eigenvalue weighted by Gasteiger charge is -2.07. The number of halogens is 1. The van der Waals surface area contributed by atoms with E-state index in [1.54, 1.807) is 42.5 Å². The first-order valence-corrected chi connectivity index (χ1v) is 8.63. The van der Waals surface area contributed by atoms with Gasteiger partial charge in [0.15, 0.2) is 11.7 Å². The van der Waals surface area contributed by atoms with Gasteiger partial charge in [0.25, 0.3) is 0 Å². The Morgan fingerprint density at radius 3 is 2.39 bits per heavy atom. The van der Waals surface area contributed by atoms with Crippen LogP contribution in [-0.4, -0.2) is 24.0 Å². The lowest BCUT2D eigenvalue weighted by molar-refractivity contribution is -0.116. The fourth-order valence-electron chi connectivity index (χ4n) is 2.49. The number of hydrogen-bond acceptors (Lipinski definition) is 4. The van der Waals surface area contributed by atoms with E-state index in [0.29, 0.717) is 28.6 Å². The molecular weight excluding hydrogens is 363 g/mol. The number of oxazole rings is 1. The van der Waals surface area contributed by atoms with Crippen LogP contribution in [0.3, 0.4) is 0 Å². The zero-order valence-electron chi connectivity index (χ0n) is 15.2. The standard InChI is InChI=1S/C20H19FN4O3/c1-22-20(27)25-14-8-6-13(7-9-14)24-18(26)10-11-19-23-12-17(28-19)15-4-2-3-5-16(15)21/h2-9,12H,10-11H2,1H3,(H,24,26)(H2,22,25,27). The molecule has 0 fully saturated rings. The fourth-order valence-corrected chi connectivity index (χ4v) is 2.49. The minimum absolute atomic E-state index is 0.162. The largest absolute Gasteiger partial charge is 0.441 e. The number of aromatic nitrogens is 1. The predicted molar refractivity (Wildman–Crippen MR) is 103 cm³/mol. The van der Waals surface area contributed by atoms with Gasteiger partial charge in [0, 0.05) is 31.3 Å². The summed E-state index contributed by atoms with van der Waals surface area (Å²) < 4.78 is 19.3. The molecule has 0 aliphatic heterocycles. The van der Waals surface area contributed by atoms with E-state index in [1.165, 1.54) is 19.3 Å². The maximum atomic E-state index is 13.8. The number of rotatable bonds is 6. The molecule has 0 saturated carbocycles. The monoisotopic (exact) mass is 382 g/mol. The molecule has 0 aliphatic carbocycles. The molecule has 8 heteroatoms. The van der Waals surface area contributed by atoms with Crippen LogP contribution in [0.25, 0.3) is 11.3 Å². The van der Waals surface area contributed by atoms with Crippen LogP contribution in [0.2, 0.25) is 0 Å². The van der Waals surface area contributed by atoms with Gasteiger partial charge >= 0.3 is 6.03 Å². The molecule has 3 rings (SSSR count). The number of aryl methyl sites for hydroxylation is 1. The topological polar surface area (TPSA) is 96.3 Å². The maximum absolute atomic E-state index is 13.8. The van der Waals surface area contributed by atoms with Gasteiger partial charge in [-0.05, 0) is 36.4 Å². The third-order valence-electron chi connectivity index (χ3n) is 3.91. The summed E-state index contributed by atoms with van der Waals surface area (Å²) in [6.07, 6.45) is 1.90. The number of amides is 3. The number of anilines is 2. The Hall–Kier alpha value is -3.68. The number of carbonyl (C=O) groups excluding carboxylic acids is 2. The van der Waals surface area contributed by atoms with Gasteiger partial charge in [0.05, 0.1) is 11.8 Å². The van der Waals surface area contributed by atoms with Crippen molar-refractivity contribution in [3.05, 3.63) is 66.4 Å². The molecule has 0 spiro atoms. The number of hydrogen-bond donors (Lipinski definition) is 3. The highest BCUT2D eigenvalue weighted by Gasteiger charge is 2.12. The van der Waals surface area contributed by atoms with Gasteiger partial charge in [-0.15, -0.1) is 0 Å². The number of carbonyl (C=O) groups is 2. The van der Waals surface area contributed by atoms with Crippen LogP contribution in [0, 0.1) is 5.82 Å². The van der Waals surface area contributed by atoms with Gasteiger partial charge in [0.1, 0.15) is 5.82 Å². The van der Waals surface area contributed by atoms with Gasteiger partial charge in [-0.2, -0.15) is 0 Å². The average molecular weight is 382 g/mol. The van der Waals surface area contributed by atoms with Gasteiger partial charge in [-0.3, -0.25) is 4.79 Å². The summed E-state index contributed by atoms with van der Waals surface area (Å²) in [7, 11) is 1.52. The van der Waals surface area contributed by atoms with Crippen molar-refractivity contribution in [2.24, 2.45) is 0 Å². The summed E-state index contributed by atoms with van der Waals surface area (Å²) in [5.74, 6) is 0.0844. The Kier molecular flexibility index (Phi) is 6.01. The van der Waals surface area contributed by atoms with E-state index in [1.807, 2.05) is 0 Å². The van der Waals surface area contributed by atoms with Gasteiger partial charge in [-0.25, -0.2) is 14.2 Å². The average Bonchev–Trinajstić information content (AvgIpc) is 3.17. The summed E-state index contributed by atoms with van der Waals surface area (Å²) in [4.78, 5) is 27.5. The second-order valence-electron chi connectivity index (χ2n) is 5.93. The zero-order valence-corrected chi connectivity index (χ0v) is 15.2. The second kappa shape index (κ2) is 8.81. The quantitative estimate of drug-likeness (QED) is 0.604. The van der Waals surface area contributed by atoms with Crippen LogP contribution in [-0.2, 0) is 11.2 Å². The Balaban J connectivity index is 1.52. The summed E-state index contributed by atoms with van der Waals surface area (Å²) >= 11 is 0. The highest BCUT2D eigenvalue weighted by molar-refractivity contribution is 5.92. The van der Waals surface area contributed by atoms with E-state index in [4.69, 9.17) is 4.42 Å². The van der Waals surface area contributed by atoms with Crippen LogP contribution in [0.1, 0.15) is 12.3 Å². The van der Waals surface area contributed by atoms with E-state index >= 15 is 0 Å². The van der Waals surface area contributed by atoms with Crippen LogP contribution in [0.5, 0.6) is 0 Å². The first-order valence-electron chi connectivity index (χ1n) is 8.63. The molecule has 0 saturated heterocycles. The van der Waals surface area contributed by atoms with E-state index in [9.17, 15) is 14.0 Å². The molecule has 3 aromatic rings. The fraction of sp³-hybridized carbons (Fsp3) is 0.150. The van der Waals surface area contributed by atoms with Gasteiger partial charge < -0.3 is 20.4 Å². The molecule has 0 radical (unpaired) electrons. The van der Waals surface area contributed by atoms with Crippen molar-refractivity contribution in [1.82, 2.24) is 10.3 Å². The van der Waals surface area contributed by atoms with Crippen molar-refractivity contribution in [3.8, 4) is 11.3 Å². The predicted octanol–water partition coefficient (Wildman–Crippen LogP) is 3.80. The van der Waals surface area contributed by atoms with Crippen molar-refractivity contribution in [3.63, 3.8) is 0 Å². The number of urea groups is 1. The van der Waals surface area contributed by atoms with Crippen LogP contribution in [0.4, 0.5) is 20.6 Å². The lowest BCUT2D eigenvalue weighted by Crippen LogP contribution is -2.24. The Labute approximate surface area is 161 Å². The minimum Gasteiger partial charge on any atom is -0.441 e. The van der Waals surface area contributed by atoms with Gasteiger partial charge in [-0.1, -0.05) is 12.1 Å². The highest BCUT2D eigenvalue weighted by atomic mass is 19.1. The minimum atomic E-state index is -0.391. The number of nitrogens with one attached hydrogen (secondary N) is 3. The van der Waals surface area contributed by atoms with Crippen molar-refractivity contribution in [1.29, 1.82) is 0 Å². The molecule has 0 atom stereocenters. The molecule has 1 heterocycles. The molecule has 0 unspecified atom stereocenters. The van der Waals surface area contributed by atoms with Crippen LogP contribution < -0.4 is 16.0 Å². The summed E-state index contributed by atoms with van der Waals surface area (Å²) in [5, 5.41) is 7.84. The van der Waals surface area contributed by atoms with E-state index in [0.717, 1.165) is 0 Å². The Bertz CT molecular complexity index is 970. The molecule has 3 amide bonds. The third kappa shape index (κ3) is 4.94. The zero-order chi connectivity index (χ0) is 19.9. The summed E-state index contributed by atoms with van der Waals surface area (Å²) in [6, 6.07) is 12.7. The molecule has 2 aromatic carbocycles. The molecule has 0 bridgehead atoms. The summed E-state index contributed by atoms with van der Waals surface area (Å²) in [5.41, 5.74) is 1.54. The van der Waals surface area contributed by atoms with Crippen molar-refractivity contribution in [2.45, 2.75) is 12.8 Å². The normalized spacial score (nSPS) is 10.4. The molecule has 0 aliphatic rings. The molecule has 144 valence electrons. The summed E-state index contributed by atoms with van der Waals surface area (Å²) in [6.45, 7) is 0. The first-order chi connectivity index (χ1) is 13.5. The van der Waals surface area contributed by atoms with Gasteiger partial charge in [0.2, 0.25) is 5.91 Å². The van der Waals surface area contributed by atoms with Crippen molar-refractivity contribution in [2.75, 3.05) is 17.7 Å². The SMILES string of the molecule is CNC(=O)Nc1ccc(NC(=O)CCc2ncc(-c3ccccc3F)o2)cc1. The van der Waals surface area contributed by atoms with E-state index in [2.05, 4.69) is 20.9 Å². The first kappa shape index (κ1) is 19.1. The lowest BCUT2D eigenvalue weighted by atomic mass is 10.2. The molecule has 7 nitrogen and oxygen atoms in total. The Morgan fingerprint density at radius 2 is 1.71 bits per heavy atom. The smallest absolute Gasteiger partial charge is 0.318 e. The molecular formula is C20H19FN4O3. The van der Waals surface area contributed by atoms with E-state index < -0.39 is 5.82 Å². The van der Waals surface area contributed by atoms with Crippen molar-refractivity contribution < 1.29 is 18.4 Å². The highest BCUT2D eigenvalue weighted by Crippen LogP contribution is 2.23. The number of benzene rings is 2. The van der Waals surface area contributed by atoms with E-state index in [-0.39, 0.29) is 24.8 Å². The van der Waals surface area contributed by atoms with Crippen molar-refractivity contribution >= 4 is 23.3 Å². The number of nitrogens with zero attached hydrogens (tertiary/aromatic N) is 1. The maximum Gasteiger partial charge on any atom is 0.318 e. The Morgan fingerprint density at radius 1 is 1.04 bits per heavy atom.